The molecule has 5 heteroatoms. The number of nitrogens with two attached hydrogens (primary N) is 1. The number of likely N-dealkylation sites (N-methyl/N-ethyl adjacent to an activating group) is 1. The van der Waals surface area contributed by atoms with Gasteiger partial charge in [0, 0.05) is 25.4 Å². The lowest BCUT2D eigenvalue weighted by molar-refractivity contribution is 0.0698. The lowest BCUT2D eigenvalue weighted by atomic mass is 10.2. The van der Waals surface area contributed by atoms with Gasteiger partial charge in [-0.25, -0.2) is 4.98 Å². The van der Waals surface area contributed by atoms with Crippen molar-refractivity contribution in [1.82, 2.24) is 9.88 Å². The molecule has 0 saturated heterocycles. The zero-order valence-corrected chi connectivity index (χ0v) is 10.6. The van der Waals surface area contributed by atoms with Crippen molar-refractivity contribution in [3.8, 4) is 11.8 Å². The molecule has 0 radical (unpaired) electrons. The maximum absolute atomic E-state index is 11.9. The number of carbonyl (C=O) groups is 1. The van der Waals surface area contributed by atoms with E-state index in [4.69, 9.17) is 5.73 Å². The van der Waals surface area contributed by atoms with Crippen molar-refractivity contribution in [2.24, 2.45) is 5.73 Å². The highest BCUT2D eigenvalue weighted by atomic mass is 16.3. The van der Waals surface area contributed by atoms with Gasteiger partial charge in [0.15, 0.2) is 0 Å². The van der Waals surface area contributed by atoms with Gasteiger partial charge in [-0.1, -0.05) is 11.8 Å². The van der Waals surface area contributed by atoms with Crippen LogP contribution in [0.2, 0.25) is 0 Å². The molecule has 0 aliphatic rings. The van der Waals surface area contributed by atoms with E-state index in [0.717, 1.165) is 5.56 Å². The number of hydrogen-bond acceptors (Lipinski definition) is 4. The Bertz CT molecular complexity index is 457. The SMILES string of the molecule is CC(O)CN(C)C(=O)c1ccc(C#CCN)cn1. The van der Waals surface area contributed by atoms with Crippen LogP contribution in [0.15, 0.2) is 18.3 Å². The Morgan fingerprint density at radius 3 is 2.83 bits per heavy atom. The first-order chi connectivity index (χ1) is 8.54. The zero-order valence-electron chi connectivity index (χ0n) is 10.6. The van der Waals surface area contributed by atoms with Crippen LogP contribution in [-0.2, 0) is 0 Å². The number of pyridine rings is 1. The summed E-state index contributed by atoms with van der Waals surface area (Å²) in [5, 5.41) is 9.22. The van der Waals surface area contributed by atoms with E-state index in [2.05, 4.69) is 16.8 Å². The molecular formula is C13H17N3O2. The van der Waals surface area contributed by atoms with Gasteiger partial charge < -0.3 is 15.7 Å². The van der Waals surface area contributed by atoms with E-state index < -0.39 is 6.10 Å². The van der Waals surface area contributed by atoms with Gasteiger partial charge in [0.05, 0.1) is 12.6 Å². The number of aromatic nitrogens is 1. The van der Waals surface area contributed by atoms with Gasteiger partial charge in [-0.2, -0.15) is 0 Å². The Kier molecular flexibility index (Phi) is 5.31. The summed E-state index contributed by atoms with van der Waals surface area (Å²) in [6, 6.07) is 3.33. The number of aliphatic hydroxyl groups is 1. The number of amides is 1. The molecular weight excluding hydrogens is 230 g/mol. The van der Waals surface area contributed by atoms with E-state index in [1.165, 1.54) is 11.1 Å². The first-order valence-electron chi connectivity index (χ1n) is 5.63. The van der Waals surface area contributed by atoms with Crippen LogP contribution in [0.1, 0.15) is 23.0 Å². The van der Waals surface area contributed by atoms with E-state index >= 15 is 0 Å². The van der Waals surface area contributed by atoms with E-state index in [0.29, 0.717) is 5.69 Å². The number of nitrogens with zero attached hydrogens (tertiary/aromatic N) is 2. The van der Waals surface area contributed by atoms with Crippen LogP contribution < -0.4 is 5.73 Å². The molecule has 0 saturated carbocycles. The van der Waals surface area contributed by atoms with Crippen molar-refractivity contribution in [2.45, 2.75) is 13.0 Å². The highest BCUT2D eigenvalue weighted by molar-refractivity contribution is 5.92. The molecule has 1 rings (SSSR count). The van der Waals surface area contributed by atoms with Gasteiger partial charge in [0.25, 0.3) is 5.91 Å². The molecule has 1 heterocycles. The molecule has 1 atom stereocenters. The van der Waals surface area contributed by atoms with Gasteiger partial charge in [-0.15, -0.1) is 0 Å². The van der Waals surface area contributed by atoms with Gasteiger partial charge in [-0.3, -0.25) is 4.79 Å². The molecule has 1 amide bonds. The van der Waals surface area contributed by atoms with Crippen molar-refractivity contribution in [3.05, 3.63) is 29.6 Å². The molecule has 0 aliphatic heterocycles. The largest absolute Gasteiger partial charge is 0.392 e. The summed E-state index contributed by atoms with van der Waals surface area (Å²) in [4.78, 5) is 17.4. The highest BCUT2D eigenvalue weighted by Crippen LogP contribution is 2.03. The molecule has 1 aromatic rings. The molecule has 18 heavy (non-hydrogen) atoms. The van der Waals surface area contributed by atoms with Gasteiger partial charge in [0.1, 0.15) is 5.69 Å². The first-order valence-corrected chi connectivity index (χ1v) is 5.63. The minimum Gasteiger partial charge on any atom is -0.392 e. The summed E-state index contributed by atoms with van der Waals surface area (Å²) >= 11 is 0. The molecule has 5 nitrogen and oxygen atoms in total. The normalized spacial score (nSPS) is 11.3. The Morgan fingerprint density at radius 2 is 2.33 bits per heavy atom. The smallest absolute Gasteiger partial charge is 0.272 e. The summed E-state index contributed by atoms with van der Waals surface area (Å²) in [6.45, 7) is 2.19. The number of aliphatic hydroxyl groups excluding tert-OH is 1. The minimum atomic E-state index is -0.561. The van der Waals surface area contributed by atoms with E-state index in [-0.39, 0.29) is 19.0 Å². The fourth-order valence-corrected chi connectivity index (χ4v) is 1.42. The van der Waals surface area contributed by atoms with Crippen molar-refractivity contribution in [1.29, 1.82) is 0 Å². The van der Waals surface area contributed by atoms with E-state index in [9.17, 15) is 9.90 Å². The van der Waals surface area contributed by atoms with E-state index in [1.807, 2.05) is 0 Å². The Morgan fingerprint density at radius 1 is 1.61 bits per heavy atom. The predicted molar refractivity (Wildman–Crippen MR) is 68.8 cm³/mol. The highest BCUT2D eigenvalue weighted by Gasteiger charge is 2.14. The summed E-state index contributed by atoms with van der Waals surface area (Å²) in [6.07, 6.45) is 0.972. The van der Waals surface area contributed by atoms with Crippen molar-refractivity contribution >= 4 is 5.91 Å². The van der Waals surface area contributed by atoms with Crippen LogP contribution in [0.5, 0.6) is 0 Å². The average Bonchev–Trinajstić information content (AvgIpc) is 2.35. The molecule has 0 bridgehead atoms. The van der Waals surface area contributed by atoms with Crippen LogP contribution >= 0.6 is 0 Å². The maximum atomic E-state index is 11.9. The monoisotopic (exact) mass is 247 g/mol. The van der Waals surface area contributed by atoms with Gasteiger partial charge in [0.2, 0.25) is 0 Å². The van der Waals surface area contributed by atoms with Crippen molar-refractivity contribution in [3.63, 3.8) is 0 Å². The van der Waals surface area contributed by atoms with Crippen LogP contribution in [-0.4, -0.2) is 47.1 Å². The fraction of sp³-hybridized carbons (Fsp3) is 0.385. The van der Waals surface area contributed by atoms with Crippen LogP contribution in [0.4, 0.5) is 0 Å². The van der Waals surface area contributed by atoms with Crippen molar-refractivity contribution < 1.29 is 9.90 Å². The molecule has 0 aromatic carbocycles. The van der Waals surface area contributed by atoms with Crippen molar-refractivity contribution in [2.75, 3.05) is 20.1 Å². The summed E-state index contributed by atoms with van der Waals surface area (Å²) < 4.78 is 0. The summed E-state index contributed by atoms with van der Waals surface area (Å²) in [7, 11) is 1.62. The fourth-order valence-electron chi connectivity index (χ4n) is 1.42. The third kappa shape index (κ3) is 4.17. The topological polar surface area (TPSA) is 79.5 Å². The van der Waals surface area contributed by atoms with Crippen LogP contribution in [0.25, 0.3) is 0 Å². The number of rotatable bonds is 3. The second-order valence-electron chi connectivity index (χ2n) is 3.97. The second kappa shape index (κ2) is 6.74. The van der Waals surface area contributed by atoms with E-state index in [1.54, 1.807) is 26.1 Å². The molecule has 0 spiro atoms. The quantitative estimate of drug-likeness (QED) is 0.728. The lowest BCUT2D eigenvalue weighted by Crippen LogP contribution is -2.33. The third-order valence-corrected chi connectivity index (χ3v) is 2.20. The Hall–Kier alpha value is -1.90. The Balaban J connectivity index is 2.75. The number of carbonyl (C=O) groups excluding carboxylic acids is 1. The molecule has 3 N–H and O–H groups in total. The van der Waals surface area contributed by atoms with Crippen LogP contribution in [0, 0.1) is 11.8 Å². The summed E-state index contributed by atoms with van der Waals surface area (Å²) in [5.41, 5.74) is 6.31. The standard InChI is InChI=1S/C13H17N3O2/c1-10(17)9-16(2)13(18)12-6-5-11(8-15-12)4-3-7-14/h5-6,8,10,17H,7,9,14H2,1-2H3. The first kappa shape index (κ1) is 14.2. The molecule has 0 aliphatic carbocycles. The molecule has 0 fully saturated rings. The average molecular weight is 247 g/mol. The molecule has 96 valence electrons. The van der Waals surface area contributed by atoms with Crippen LogP contribution in [0.3, 0.4) is 0 Å². The second-order valence-corrected chi connectivity index (χ2v) is 3.97. The number of hydrogen-bond donors (Lipinski definition) is 2. The Labute approximate surface area is 107 Å². The summed E-state index contributed by atoms with van der Waals surface area (Å²) in [5.74, 6) is 5.31. The maximum Gasteiger partial charge on any atom is 0.272 e. The predicted octanol–water partition coefficient (Wildman–Crippen LogP) is -0.155. The molecule has 1 aromatic heterocycles. The van der Waals surface area contributed by atoms with Gasteiger partial charge >= 0.3 is 0 Å². The van der Waals surface area contributed by atoms with Gasteiger partial charge in [-0.05, 0) is 19.1 Å². The zero-order chi connectivity index (χ0) is 13.5. The minimum absolute atomic E-state index is 0.228. The lowest BCUT2D eigenvalue weighted by Gasteiger charge is -2.18. The third-order valence-electron chi connectivity index (χ3n) is 2.20. The molecule has 1 unspecified atom stereocenters.